The van der Waals surface area contributed by atoms with Gasteiger partial charge in [-0.3, -0.25) is 4.79 Å². The number of tetrazole rings is 1. The van der Waals surface area contributed by atoms with Crippen molar-refractivity contribution in [3.8, 4) is 0 Å². The highest BCUT2D eigenvalue weighted by Crippen LogP contribution is 2.32. The average molecular weight is 387 g/mol. The minimum atomic E-state index is -0.795. The summed E-state index contributed by atoms with van der Waals surface area (Å²) in [4.78, 5) is 11.8. The fourth-order valence-electron chi connectivity index (χ4n) is 4.33. The molecule has 152 valence electrons. The van der Waals surface area contributed by atoms with E-state index in [2.05, 4.69) is 59.0 Å². The van der Waals surface area contributed by atoms with Crippen LogP contribution in [0.25, 0.3) is 0 Å². The fourth-order valence-corrected chi connectivity index (χ4v) is 4.33. The maximum Gasteiger partial charge on any atom is 0.307 e. The first-order valence-corrected chi connectivity index (χ1v) is 10.3. The zero-order chi connectivity index (χ0) is 20.1. The smallest absolute Gasteiger partial charge is 0.307 e. The molecule has 0 bridgehead atoms. The average Bonchev–Trinajstić information content (AvgIpc) is 3.19. The lowest BCUT2D eigenvalue weighted by atomic mass is 9.82. The van der Waals surface area contributed by atoms with Crippen LogP contribution in [0.2, 0.25) is 0 Å². The van der Waals surface area contributed by atoms with Gasteiger partial charge in [0.2, 0.25) is 0 Å². The Balaban J connectivity index is 1.73. The van der Waals surface area contributed by atoms with E-state index in [0.29, 0.717) is 24.6 Å². The number of nitrogens with zero attached hydrogens (tertiary/aromatic N) is 4. The zero-order valence-corrected chi connectivity index (χ0v) is 17.1. The molecule has 1 aliphatic rings. The van der Waals surface area contributed by atoms with Gasteiger partial charge in [0.1, 0.15) is 0 Å². The molecule has 0 aliphatic carbocycles. The van der Waals surface area contributed by atoms with Gasteiger partial charge in [-0.25, -0.2) is 0 Å². The van der Waals surface area contributed by atoms with Crippen molar-refractivity contribution >= 4 is 5.97 Å². The number of benzene rings is 1. The summed E-state index contributed by atoms with van der Waals surface area (Å²) < 4.78 is 1.11. The molecule has 2 atom stereocenters. The number of carbonyl (C=O) groups is 1. The minimum Gasteiger partial charge on any atom is -0.481 e. The molecule has 3 rings (SSSR count). The van der Waals surface area contributed by atoms with Gasteiger partial charge in [-0.15, -0.1) is 10.2 Å². The molecule has 7 heteroatoms. The van der Waals surface area contributed by atoms with Gasteiger partial charge in [0.05, 0.1) is 33.1 Å². The molecular weight excluding hydrogens is 354 g/mol. The van der Waals surface area contributed by atoms with Crippen LogP contribution in [0.4, 0.5) is 0 Å². The molecule has 2 N–H and O–H groups in total. The third kappa shape index (κ3) is 4.95. The van der Waals surface area contributed by atoms with Crippen LogP contribution in [0.1, 0.15) is 61.4 Å². The van der Waals surface area contributed by atoms with Crippen LogP contribution >= 0.6 is 0 Å². The van der Waals surface area contributed by atoms with E-state index in [0.717, 1.165) is 16.5 Å². The van der Waals surface area contributed by atoms with Gasteiger partial charge < -0.3 is 9.59 Å². The first-order chi connectivity index (χ1) is 13.4. The fraction of sp³-hybridized carbons (Fsp3) is 0.619. The number of likely N-dealkylation sites (tertiary alicyclic amines) is 1. The molecule has 1 aliphatic heterocycles. The summed E-state index contributed by atoms with van der Waals surface area (Å²) in [5.74, 6) is -0.482. The standard InChI is InChI=1S/C21H31N5O2/c1-4-5-18(21(27)28)19(20-22-24-25-23-20)14-15-6-8-16(9-7-15)17-10-12-26(2,3)13-11-17/h6-9,17-19H,4-5,10-14H2,1-3H3,(H-,22,23,24,25,27,28)/p+1/t18-,19-/m0/s1. The maximum absolute atomic E-state index is 11.8. The monoisotopic (exact) mass is 386 g/mol. The molecule has 2 heterocycles. The van der Waals surface area contributed by atoms with Crippen molar-refractivity contribution < 1.29 is 14.4 Å². The lowest BCUT2D eigenvalue weighted by Crippen LogP contribution is -2.45. The highest BCUT2D eigenvalue weighted by atomic mass is 16.4. The third-order valence-corrected chi connectivity index (χ3v) is 6.17. The van der Waals surface area contributed by atoms with E-state index in [1.165, 1.54) is 31.5 Å². The molecule has 1 aromatic carbocycles. The quantitative estimate of drug-likeness (QED) is 0.681. The van der Waals surface area contributed by atoms with E-state index in [4.69, 9.17) is 0 Å². The SMILES string of the molecule is CCC[C@H](C(=O)O)[C@H](Cc1ccc(C2CC[N+](C)(C)CC2)cc1)c1nn[nH]n1. The molecule has 1 aromatic heterocycles. The van der Waals surface area contributed by atoms with Crippen molar-refractivity contribution in [2.24, 2.45) is 5.92 Å². The first kappa shape index (κ1) is 20.5. The predicted molar refractivity (Wildman–Crippen MR) is 107 cm³/mol. The van der Waals surface area contributed by atoms with Crippen LogP contribution in [0.3, 0.4) is 0 Å². The Labute approximate surface area is 166 Å². The molecule has 0 amide bonds. The number of rotatable bonds is 8. The number of hydrogen-bond donors (Lipinski definition) is 2. The number of nitrogens with one attached hydrogen (secondary N) is 1. The predicted octanol–water partition coefficient (Wildman–Crippen LogP) is 2.98. The largest absolute Gasteiger partial charge is 0.481 e. The topological polar surface area (TPSA) is 91.8 Å². The van der Waals surface area contributed by atoms with Gasteiger partial charge in [0.15, 0.2) is 5.82 Å². The summed E-state index contributed by atoms with van der Waals surface area (Å²) in [5, 5.41) is 24.0. The van der Waals surface area contributed by atoms with Crippen molar-refractivity contribution in [2.45, 2.75) is 50.9 Å². The number of aromatic amines is 1. The van der Waals surface area contributed by atoms with Crippen molar-refractivity contribution in [3.05, 3.63) is 41.2 Å². The van der Waals surface area contributed by atoms with Crippen LogP contribution < -0.4 is 0 Å². The Morgan fingerprint density at radius 3 is 2.46 bits per heavy atom. The molecule has 0 spiro atoms. The Kier molecular flexibility index (Phi) is 6.44. The van der Waals surface area contributed by atoms with E-state index in [1.807, 2.05) is 6.92 Å². The summed E-state index contributed by atoms with van der Waals surface area (Å²) in [7, 11) is 4.60. The number of aliphatic carboxylic acids is 1. The summed E-state index contributed by atoms with van der Waals surface area (Å²) in [6.45, 7) is 4.43. The molecular formula is C21H32N5O2+. The number of carboxylic acids is 1. The number of quaternary nitrogens is 1. The van der Waals surface area contributed by atoms with Gasteiger partial charge in [0, 0.05) is 18.8 Å². The molecule has 7 nitrogen and oxygen atoms in total. The molecule has 28 heavy (non-hydrogen) atoms. The lowest BCUT2D eigenvalue weighted by molar-refractivity contribution is -0.895. The minimum absolute atomic E-state index is 0.283. The Morgan fingerprint density at radius 1 is 1.25 bits per heavy atom. The van der Waals surface area contributed by atoms with Crippen LogP contribution in [-0.4, -0.2) is 63.4 Å². The first-order valence-electron chi connectivity index (χ1n) is 10.3. The second-order valence-corrected chi connectivity index (χ2v) is 8.71. The maximum atomic E-state index is 11.8. The summed E-state index contributed by atoms with van der Waals surface area (Å²) >= 11 is 0. The highest BCUT2D eigenvalue weighted by Gasteiger charge is 2.32. The number of H-pyrrole nitrogens is 1. The van der Waals surface area contributed by atoms with Gasteiger partial charge in [-0.1, -0.05) is 42.8 Å². The molecule has 2 aromatic rings. The van der Waals surface area contributed by atoms with Crippen molar-refractivity contribution in [3.63, 3.8) is 0 Å². The number of aromatic nitrogens is 4. The van der Waals surface area contributed by atoms with Crippen LogP contribution in [0.5, 0.6) is 0 Å². The molecule has 0 saturated carbocycles. The number of piperidine rings is 1. The van der Waals surface area contributed by atoms with Crippen molar-refractivity contribution in [1.82, 2.24) is 20.6 Å². The van der Waals surface area contributed by atoms with Gasteiger partial charge in [0.25, 0.3) is 0 Å². The Bertz CT molecular complexity index is 748. The molecule has 0 radical (unpaired) electrons. The Morgan fingerprint density at radius 2 is 1.93 bits per heavy atom. The highest BCUT2D eigenvalue weighted by molar-refractivity contribution is 5.71. The van der Waals surface area contributed by atoms with E-state index >= 15 is 0 Å². The molecule has 0 unspecified atom stereocenters. The zero-order valence-electron chi connectivity index (χ0n) is 17.1. The van der Waals surface area contributed by atoms with E-state index < -0.39 is 11.9 Å². The number of carboxylic acid groups (broad SMARTS) is 1. The van der Waals surface area contributed by atoms with E-state index in [9.17, 15) is 9.90 Å². The van der Waals surface area contributed by atoms with E-state index in [-0.39, 0.29) is 5.92 Å². The van der Waals surface area contributed by atoms with Crippen molar-refractivity contribution in [2.75, 3.05) is 27.2 Å². The lowest BCUT2D eigenvalue weighted by Gasteiger charge is -2.37. The van der Waals surface area contributed by atoms with Crippen LogP contribution in [0, 0.1) is 5.92 Å². The van der Waals surface area contributed by atoms with Gasteiger partial charge in [-0.05, 0) is 29.9 Å². The van der Waals surface area contributed by atoms with Gasteiger partial charge in [-0.2, -0.15) is 5.21 Å². The number of hydrogen-bond acceptors (Lipinski definition) is 4. The summed E-state index contributed by atoms with van der Waals surface area (Å²) in [6, 6.07) is 8.71. The van der Waals surface area contributed by atoms with E-state index in [1.54, 1.807) is 0 Å². The third-order valence-electron chi connectivity index (χ3n) is 6.17. The van der Waals surface area contributed by atoms with Crippen LogP contribution in [0.15, 0.2) is 24.3 Å². The normalized spacial score (nSPS) is 19.2. The van der Waals surface area contributed by atoms with Crippen LogP contribution in [-0.2, 0) is 11.2 Å². The second kappa shape index (κ2) is 8.82. The van der Waals surface area contributed by atoms with Crippen molar-refractivity contribution in [1.29, 1.82) is 0 Å². The van der Waals surface area contributed by atoms with Gasteiger partial charge >= 0.3 is 5.97 Å². The molecule has 1 fully saturated rings. The summed E-state index contributed by atoms with van der Waals surface area (Å²) in [6.07, 6.45) is 4.44. The second-order valence-electron chi connectivity index (χ2n) is 8.71. The Hall–Kier alpha value is -2.28. The molecule has 1 saturated heterocycles. The summed E-state index contributed by atoms with van der Waals surface area (Å²) in [5.41, 5.74) is 2.51.